The van der Waals surface area contributed by atoms with Crippen molar-refractivity contribution in [1.29, 1.82) is 0 Å². The van der Waals surface area contributed by atoms with Crippen LogP contribution in [0.4, 0.5) is 15.9 Å². The Hall–Kier alpha value is -2.79. The van der Waals surface area contributed by atoms with Crippen LogP contribution in [-0.4, -0.2) is 84.3 Å². The Labute approximate surface area is 240 Å². The number of aliphatic hydroxyl groups is 1. The molecule has 4 unspecified atom stereocenters. The molecule has 0 radical (unpaired) electrons. The molecule has 1 aromatic carbocycles. The van der Waals surface area contributed by atoms with Gasteiger partial charge < -0.3 is 30.0 Å². The molecule has 9 nitrogen and oxygen atoms in total. The molecule has 3 fully saturated rings. The third kappa shape index (κ3) is 4.78. The second kappa shape index (κ2) is 10.2. The number of alkyl halides is 1. The molecule has 4 atom stereocenters. The first-order chi connectivity index (χ1) is 19.8. The molecular weight excluding hydrogens is 525 g/mol. The van der Waals surface area contributed by atoms with E-state index < -0.39 is 17.2 Å². The summed E-state index contributed by atoms with van der Waals surface area (Å²) in [6, 6.07) is 6.29. The van der Waals surface area contributed by atoms with Crippen LogP contribution < -0.4 is 15.4 Å². The molecule has 0 saturated carbocycles. The average molecular weight is 566 g/mol. The number of aromatic nitrogens is 2. The summed E-state index contributed by atoms with van der Waals surface area (Å²) >= 11 is 0. The van der Waals surface area contributed by atoms with E-state index in [-0.39, 0.29) is 12.1 Å². The van der Waals surface area contributed by atoms with Gasteiger partial charge in [0, 0.05) is 49.1 Å². The molecule has 7 rings (SSSR count). The lowest BCUT2D eigenvalue weighted by molar-refractivity contribution is -0.0733. The Bertz CT molecular complexity index is 1360. The molecule has 220 valence electrons. The van der Waals surface area contributed by atoms with E-state index in [1.165, 1.54) is 0 Å². The van der Waals surface area contributed by atoms with Crippen molar-refractivity contribution in [2.45, 2.75) is 62.9 Å². The van der Waals surface area contributed by atoms with E-state index in [9.17, 15) is 9.50 Å². The third-order valence-corrected chi connectivity index (χ3v) is 9.75. The molecule has 3 N–H and O–H groups in total. The number of anilines is 2. The van der Waals surface area contributed by atoms with E-state index in [2.05, 4.69) is 22.0 Å². The fourth-order valence-corrected chi connectivity index (χ4v) is 7.55. The van der Waals surface area contributed by atoms with Crippen LogP contribution in [0, 0.1) is 5.41 Å². The molecule has 2 aromatic rings. The highest BCUT2D eigenvalue weighted by atomic mass is 19.1. The third-order valence-electron chi connectivity index (χ3n) is 9.75. The molecule has 5 heterocycles. The van der Waals surface area contributed by atoms with Gasteiger partial charge in [-0.25, -0.2) is 4.39 Å². The smallest absolute Gasteiger partial charge is 0.318 e. The second-order valence-corrected chi connectivity index (χ2v) is 13.0. The molecular formula is C31H40FN5O4. The van der Waals surface area contributed by atoms with Gasteiger partial charge in [-0.2, -0.15) is 9.97 Å². The largest absolute Gasteiger partial charge is 0.461 e. The van der Waals surface area contributed by atoms with Gasteiger partial charge >= 0.3 is 6.01 Å². The Kier molecular flexibility index (Phi) is 6.72. The Morgan fingerprint density at radius 3 is 3.05 bits per heavy atom. The predicted molar refractivity (Wildman–Crippen MR) is 153 cm³/mol. The van der Waals surface area contributed by atoms with E-state index >= 15 is 0 Å². The number of ether oxygens (including phenoxy) is 3. The number of nitrogens with two attached hydrogens (primary N) is 1. The lowest BCUT2D eigenvalue weighted by Gasteiger charge is -2.41. The van der Waals surface area contributed by atoms with E-state index in [0.717, 1.165) is 47.6 Å². The van der Waals surface area contributed by atoms with Crippen molar-refractivity contribution in [2.24, 2.45) is 5.41 Å². The zero-order valence-corrected chi connectivity index (χ0v) is 23.8. The maximum Gasteiger partial charge on any atom is 0.318 e. The molecule has 1 aromatic heterocycles. The van der Waals surface area contributed by atoms with E-state index in [1.54, 1.807) is 0 Å². The summed E-state index contributed by atoms with van der Waals surface area (Å²) in [5.41, 5.74) is 9.64. The van der Waals surface area contributed by atoms with Gasteiger partial charge in [-0.05, 0) is 49.1 Å². The summed E-state index contributed by atoms with van der Waals surface area (Å²) in [4.78, 5) is 14.4. The summed E-state index contributed by atoms with van der Waals surface area (Å²) in [6.07, 6.45) is 7.19. The van der Waals surface area contributed by atoms with Gasteiger partial charge in [-0.15, -0.1) is 0 Å². The van der Waals surface area contributed by atoms with Gasteiger partial charge in [0.2, 0.25) is 0 Å². The predicted octanol–water partition coefficient (Wildman–Crippen LogP) is 3.23. The number of aliphatic hydroxyl groups excluding tert-OH is 1. The molecule has 0 amide bonds. The standard InChI is InChI=1S/C31H40FN5O4/c1-29(18-38)17-36(10-11-39-19-29)27-24-16-41-31(8-2-4-21-5-6-23(33)12-25(21)31)14-26(24)34-28(35-27)40-20-30-7-3-9-37(30)15-22(32)13-30/h2,4-6,12,22,38H,3,7-11,13-20,33H2,1H3. The van der Waals surface area contributed by atoms with Crippen LogP contribution in [0.5, 0.6) is 6.01 Å². The summed E-state index contributed by atoms with van der Waals surface area (Å²) < 4.78 is 33.4. The van der Waals surface area contributed by atoms with Crippen LogP contribution in [0.15, 0.2) is 24.3 Å². The summed E-state index contributed by atoms with van der Waals surface area (Å²) in [5, 5.41) is 10.2. The van der Waals surface area contributed by atoms with Crippen molar-refractivity contribution in [3.8, 4) is 6.01 Å². The molecule has 1 spiro atoms. The van der Waals surface area contributed by atoms with Gasteiger partial charge in [-0.3, -0.25) is 4.90 Å². The number of fused-ring (bicyclic) bond motifs is 4. The Morgan fingerprint density at radius 2 is 2.17 bits per heavy atom. The van der Waals surface area contributed by atoms with Crippen LogP contribution >= 0.6 is 0 Å². The lowest BCUT2D eigenvalue weighted by atomic mass is 9.77. The molecule has 0 bridgehead atoms. The van der Waals surface area contributed by atoms with E-state index in [0.29, 0.717) is 77.0 Å². The highest BCUT2D eigenvalue weighted by Gasteiger charge is 2.50. The minimum Gasteiger partial charge on any atom is -0.461 e. The van der Waals surface area contributed by atoms with Crippen LogP contribution in [0.2, 0.25) is 0 Å². The molecule has 5 aliphatic rings. The number of hydrogen-bond acceptors (Lipinski definition) is 9. The minimum absolute atomic E-state index is 0.00698. The zero-order valence-electron chi connectivity index (χ0n) is 23.8. The van der Waals surface area contributed by atoms with Crippen molar-refractivity contribution in [2.75, 3.05) is 63.2 Å². The minimum atomic E-state index is -0.823. The molecule has 41 heavy (non-hydrogen) atoms. The van der Waals surface area contributed by atoms with Crippen LogP contribution in [0.3, 0.4) is 0 Å². The van der Waals surface area contributed by atoms with Crippen molar-refractivity contribution in [3.63, 3.8) is 0 Å². The lowest BCUT2D eigenvalue weighted by Crippen LogP contribution is -2.44. The van der Waals surface area contributed by atoms with Crippen LogP contribution in [-0.2, 0) is 28.1 Å². The number of benzene rings is 1. The SMILES string of the molecule is CC1(CO)COCCN(c2nc(OCC34CCCN3CC(F)C4)nc3c2COC2(CC=Cc4ccc(N)cc42)C3)C1. The topological polar surface area (TPSA) is 106 Å². The molecule has 4 aliphatic heterocycles. The number of nitrogen functional groups attached to an aromatic ring is 1. The van der Waals surface area contributed by atoms with Crippen molar-refractivity contribution in [1.82, 2.24) is 14.9 Å². The Morgan fingerprint density at radius 1 is 1.27 bits per heavy atom. The van der Waals surface area contributed by atoms with Crippen molar-refractivity contribution >= 4 is 17.6 Å². The highest BCUT2D eigenvalue weighted by Crippen LogP contribution is 2.46. The molecule has 10 heteroatoms. The zero-order chi connectivity index (χ0) is 28.2. The van der Waals surface area contributed by atoms with Gasteiger partial charge in [0.05, 0.1) is 37.7 Å². The fraction of sp³-hybridized carbons (Fsp3) is 0.613. The second-order valence-electron chi connectivity index (χ2n) is 13.0. The van der Waals surface area contributed by atoms with Crippen LogP contribution in [0.25, 0.3) is 6.08 Å². The normalized spacial score (nSPS) is 33.0. The quantitative estimate of drug-likeness (QED) is 0.529. The number of hydrogen-bond donors (Lipinski definition) is 2. The maximum atomic E-state index is 14.4. The average Bonchev–Trinajstić information content (AvgIpc) is 3.41. The van der Waals surface area contributed by atoms with Crippen molar-refractivity contribution < 1.29 is 23.7 Å². The monoisotopic (exact) mass is 565 g/mol. The first-order valence-electron chi connectivity index (χ1n) is 14.9. The summed E-state index contributed by atoms with van der Waals surface area (Å²) in [5.74, 6) is 0.764. The number of nitrogens with zero attached hydrogens (tertiary/aromatic N) is 4. The van der Waals surface area contributed by atoms with E-state index in [1.807, 2.05) is 25.1 Å². The first-order valence-corrected chi connectivity index (χ1v) is 14.9. The first kappa shape index (κ1) is 27.1. The summed E-state index contributed by atoms with van der Waals surface area (Å²) in [7, 11) is 0. The van der Waals surface area contributed by atoms with Crippen LogP contribution in [0.1, 0.15) is 55.0 Å². The van der Waals surface area contributed by atoms with Crippen molar-refractivity contribution in [3.05, 3.63) is 46.7 Å². The Balaban J connectivity index is 1.26. The van der Waals surface area contributed by atoms with Gasteiger partial charge in [0.1, 0.15) is 24.2 Å². The summed E-state index contributed by atoms with van der Waals surface area (Å²) in [6.45, 7) is 6.35. The highest BCUT2D eigenvalue weighted by molar-refractivity contribution is 5.63. The number of rotatable bonds is 5. The molecule has 1 aliphatic carbocycles. The van der Waals surface area contributed by atoms with Gasteiger partial charge in [-0.1, -0.05) is 25.1 Å². The number of halogens is 1. The van der Waals surface area contributed by atoms with Gasteiger partial charge in [0.15, 0.2) is 0 Å². The molecule has 3 saturated heterocycles. The maximum absolute atomic E-state index is 14.4. The van der Waals surface area contributed by atoms with E-state index in [4.69, 9.17) is 29.9 Å². The van der Waals surface area contributed by atoms with Gasteiger partial charge in [0.25, 0.3) is 0 Å². The fourth-order valence-electron chi connectivity index (χ4n) is 7.55.